The first-order valence-electron chi connectivity index (χ1n) is 14.3. The average Bonchev–Trinajstić information content (AvgIpc) is 3.51. The molecule has 8 nitrogen and oxygen atoms in total. The Hall–Kier alpha value is -4.90. The molecule has 240 valence electrons. The lowest BCUT2D eigenvalue weighted by Crippen LogP contribution is -2.13. The molecule has 0 fully saturated rings. The number of hydrogen-bond donors (Lipinski definition) is 2. The molecule has 0 saturated heterocycles. The molecule has 0 unspecified atom stereocenters. The standard InChI is InChI=1S/C34H29F3N6O2S2/c1-4-45-29-17-26-24(16-27(29)41-31(44)11-8-14-43(2)3)32(22(18-38)19-39-26)40-23-12-13-30(25(15-23)34(35,36)37)47-33-42-28(20-46-33)21-9-6-5-7-10-21/h5-13,15-17,19-20H,4,14H2,1-3H3,(H,39,40)(H,41,44)/b11-8+. The van der Waals surface area contributed by atoms with Crippen molar-refractivity contribution in [1.82, 2.24) is 14.9 Å². The largest absolute Gasteiger partial charge is 0.492 e. The smallest absolute Gasteiger partial charge is 0.417 e. The van der Waals surface area contributed by atoms with Crippen molar-refractivity contribution in [2.45, 2.75) is 22.3 Å². The Labute approximate surface area is 277 Å². The number of nitrogens with one attached hydrogen (secondary N) is 2. The van der Waals surface area contributed by atoms with Crippen molar-refractivity contribution in [3.63, 3.8) is 0 Å². The molecule has 0 aliphatic heterocycles. The lowest BCUT2D eigenvalue weighted by Gasteiger charge is -2.17. The summed E-state index contributed by atoms with van der Waals surface area (Å²) >= 11 is 2.20. The molecule has 0 radical (unpaired) electrons. The maximum Gasteiger partial charge on any atom is 0.417 e. The second-order valence-corrected chi connectivity index (χ2v) is 12.6. The number of amides is 1. The molecule has 3 aromatic carbocycles. The molecule has 13 heteroatoms. The summed E-state index contributed by atoms with van der Waals surface area (Å²) in [5, 5.41) is 17.9. The molecule has 0 spiro atoms. The second kappa shape index (κ2) is 14.7. The highest BCUT2D eigenvalue weighted by molar-refractivity contribution is 8.01. The van der Waals surface area contributed by atoms with Crippen LogP contribution < -0.4 is 15.4 Å². The van der Waals surface area contributed by atoms with E-state index in [4.69, 9.17) is 4.74 Å². The number of carbonyl (C=O) groups excluding carboxylic acids is 1. The molecular weight excluding hydrogens is 646 g/mol. The molecule has 5 aromatic rings. The topological polar surface area (TPSA) is 103 Å². The summed E-state index contributed by atoms with van der Waals surface area (Å²) < 4.78 is 49.4. The van der Waals surface area contributed by atoms with Gasteiger partial charge in [-0.3, -0.25) is 9.78 Å². The normalized spacial score (nSPS) is 11.6. The highest BCUT2D eigenvalue weighted by atomic mass is 32.2. The van der Waals surface area contributed by atoms with E-state index in [1.54, 1.807) is 25.1 Å². The number of likely N-dealkylation sites (N-methyl/N-ethyl adjacent to an activating group) is 1. The lowest BCUT2D eigenvalue weighted by atomic mass is 10.1. The van der Waals surface area contributed by atoms with Gasteiger partial charge in [-0.2, -0.15) is 18.4 Å². The Morgan fingerprint density at radius 3 is 2.64 bits per heavy atom. The summed E-state index contributed by atoms with van der Waals surface area (Å²) in [7, 11) is 3.75. The Morgan fingerprint density at radius 1 is 1.15 bits per heavy atom. The fourth-order valence-electron chi connectivity index (χ4n) is 4.56. The molecule has 0 atom stereocenters. The van der Waals surface area contributed by atoms with Gasteiger partial charge in [0.1, 0.15) is 11.8 Å². The van der Waals surface area contributed by atoms with E-state index in [9.17, 15) is 23.2 Å². The Kier molecular flexibility index (Phi) is 10.5. The van der Waals surface area contributed by atoms with Gasteiger partial charge in [0, 0.05) is 51.8 Å². The number of rotatable bonds is 11. The summed E-state index contributed by atoms with van der Waals surface area (Å²) in [5.41, 5.74) is 1.90. The fraction of sp³-hybridized carbons (Fsp3) is 0.176. The van der Waals surface area contributed by atoms with E-state index in [2.05, 4.69) is 26.7 Å². The molecule has 2 aromatic heterocycles. The Morgan fingerprint density at radius 2 is 1.94 bits per heavy atom. The molecule has 2 heterocycles. The number of pyridine rings is 1. The maximum atomic E-state index is 14.4. The SMILES string of the molecule is CCOc1cc2ncc(C#N)c(Nc3ccc(Sc4nc(-c5ccccc5)cs4)c(C(F)(F)F)c3)c2cc1NC(=O)/C=C/CN(C)C. The van der Waals surface area contributed by atoms with Crippen LogP contribution in [-0.2, 0) is 11.0 Å². The van der Waals surface area contributed by atoms with Crippen LogP contribution in [0.1, 0.15) is 18.1 Å². The quantitative estimate of drug-likeness (QED) is 0.134. The van der Waals surface area contributed by atoms with E-state index in [0.29, 0.717) is 45.5 Å². The van der Waals surface area contributed by atoms with Crippen molar-refractivity contribution in [3.05, 3.63) is 95.5 Å². The third-order valence-corrected chi connectivity index (χ3v) is 8.71. The van der Waals surface area contributed by atoms with E-state index in [1.807, 2.05) is 54.7 Å². The Bertz CT molecular complexity index is 1970. The number of anilines is 3. The van der Waals surface area contributed by atoms with Crippen LogP contribution in [-0.4, -0.2) is 48.0 Å². The minimum Gasteiger partial charge on any atom is -0.492 e. The van der Waals surface area contributed by atoms with E-state index in [0.717, 1.165) is 23.4 Å². The second-order valence-electron chi connectivity index (χ2n) is 10.4. The zero-order valence-electron chi connectivity index (χ0n) is 25.6. The number of nitrogens with zero attached hydrogens (tertiary/aromatic N) is 4. The van der Waals surface area contributed by atoms with Gasteiger partial charge in [-0.1, -0.05) is 48.2 Å². The van der Waals surface area contributed by atoms with Crippen LogP contribution in [0.4, 0.5) is 30.2 Å². The summed E-state index contributed by atoms with van der Waals surface area (Å²) in [6.45, 7) is 2.66. The number of aromatic nitrogens is 2. The third kappa shape index (κ3) is 8.28. The minimum atomic E-state index is -4.66. The summed E-state index contributed by atoms with van der Waals surface area (Å²) in [6.07, 6.45) is -0.225. The van der Waals surface area contributed by atoms with E-state index < -0.39 is 17.6 Å². The van der Waals surface area contributed by atoms with Crippen molar-refractivity contribution in [1.29, 1.82) is 5.26 Å². The maximum absolute atomic E-state index is 14.4. The van der Waals surface area contributed by atoms with Crippen LogP contribution in [0.15, 0.2) is 93.6 Å². The molecule has 0 aliphatic carbocycles. The van der Waals surface area contributed by atoms with E-state index in [-0.39, 0.29) is 21.8 Å². The number of ether oxygens (including phenoxy) is 1. The Balaban J connectivity index is 1.50. The first kappa shape index (κ1) is 33.5. The zero-order chi connectivity index (χ0) is 33.6. The number of halogens is 3. The van der Waals surface area contributed by atoms with Gasteiger partial charge in [0.15, 0.2) is 4.34 Å². The van der Waals surface area contributed by atoms with Gasteiger partial charge in [-0.15, -0.1) is 11.3 Å². The number of thiazole rings is 1. The first-order chi connectivity index (χ1) is 22.5. The summed E-state index contributed by atoms with van der Waals surface area (Å²) in [5.74, 6) is -0.0408. The highest BCUT2D eigenvalue weighted by Crippen LogP contribution is 2.43. The van der Waals surface area contributed by atoms with Crippen LogP contribution in [0.5, 0.6) is 5.75 Å². The molecule has 0 bridgehead atoms. The number of nitriles is 1. The summed E-state index contributed by atoms with van der Waals surface area (Å²) in [6, 6.07) is 18.6. The highest BCUT2D eigenvalue weighted by Gasteiger charge is 2.34. The van der Waals surface area contributed by atoms with Crippen LogP contribution in [0.25, 0.3) is 22.2 Å². The molecule has 5 rings (SSSR count). The van der Waals surface area contributed by atoms with Gasteiger partial charge in [0.2, 0.25) is 5.91 Å². The van der Waals surface area contributed by atoms with Gasteiger partial charge >= 0.3 is 6.18 Å². The number of fused-ring (bicyclic) bond motifs is 1. The monoisotopic (exact) mass is 674 g/mol. The molecule has 0 aliphatic rings. The molecule has 1 amide bonds. The van der Waals surface area contributed by atoms with Crippen molar-refractivity contribution >= 4 is 57.0 Å². The van der Waals surface area contributed by atoms with Crippen molar-refractivity contribution in [2.24, 2.45) is 0 Å². The minimum absolute atomic E-state index is 0.00854. The first-order valence-corrected chi connectivity index (χ1v) is 16.0. The molecular formula is C34H29F3N6O2S2. The van der Waals surface area contributed by atoms with Crippen molar-refractivity contribution in [3.8, 4) is 23.1 Å². The van der Waals surface area contributed by atoms with Gasteiger partial charge in [0.05, 0.1) is 40.3 Å². The van der Waals surface area contributed by atoms with Gasteiger partial charge in [-0.05, 0) is 45.3 Å². The lowest BCUT2D eigenvalue weighted by molar-refractivity contribution is -0.139. The number of alkyl halides is 3. The average molecular weight is 675 g/mol. The molecule has 0 saturated carbocycles. The van der Waals surface area contributed by atoms with Gasteiger partial charge in [0.25, 0.3) is 0 Å². The van der Waals surface area contributed by atoms with E-state index in [1.165, 1.54) is 35.7 Å². The fourth-order valence-corrected chi connectivity index (χ4v) is 6.47. The van der Waals surface area contributed by atoms with Crippen LogP contribution in [0.2, 0.25) is 0 Å². The predicted octanol–water partition coefficient (Wildman–Crippen LogP) is 8.60. The zero-order valence-corrected chi connectivity index (χ0v) is 27.2. The van der Waals surface area contributed by atoms with Crippen LogP contribution in [0.3, 0.4) is 0 Å². The number of hydrogen-bond acceptors (Lipinski definition) is 9. The van der Waals surface area contributed by atoms with Crippen LogP contribution >= 0.6 is 23.1 Å². The number of carbonyl (C=O) groups is 1. The molecule has 2 N–H and O–H groups in total. The predicted molar refractivity (Wildman–Crippen MR) is 180 cm³/mol. The molecule has 47 heavy (non-hydrogen) atoms. The number of benzene rings is 3. The van der Waals surface area contributed by atoms with Crippen molar-refractivity contribution in [2.75, 3.05) is 37.9 Å². The van der Waals surface area contributed by atoms with Gasteiger partial charge < -0.3 is 20.3 Å². The van der Waals surface area contributed by atoms with Gasteiger partial charge in [-0.25, -0.2) is 4.98 Å². The third-order valence-electron chi connectivity index (χ3n) is 6.69. The summed E-state index contributed by atoms with van der Waals surface area (Å²) in [4.78, 5) is 23.5. The van der Waals surface area contributed by atoms with E-state index >= 15 is 0 Å². The van der Waals surface area contributed by atoms with Crippen LogP contribution in [0, 0.1) is 11.3 Å². The van der Waals surface area contributed by atoms with Crippen molar-refractivity contribution < 1.29 is 22.7 Å².